The molecule has 3 N–H and O–H groups in total. The number of ether oxygens (including phenoxy) is 3. The lowest BCUT2D eigenvalue weighted by Crippen LogP contribution is -2.33. The van der Waals surface area contributed by atoms with Gasteiger partial charge in [-0.1, -0.05) is 57.7 Å². The lowest BCUT2D eigenvalue weighted by molar-refractivity contribution is 0.0519. The molecule has 7 nitrogen and oxygen atoms in total. The van der Waals surface area contributed by atoms with Gasteiger partial charge in [0.25, 0.3) is 0 Å². The van der Waals surface area contributed by atoms with Gasteiger partial charge in [-0.05, 0) is 63.8 Å². The molecule has 212 valence electrons. The first-order valence-electron chi connectivity index (χ1n) is 13.8. The van der Waals surface area contributed by atoms with Crippen molar-refractivity contribution < 1.29 is 29.2 Å². The molecule has 2 rings (SSSR count). The van der Waals surface area contributed by atoms with E-state index in [0.29, 0.717) is 19.8 Å². The highest BCUT2D eigenvalue weighted by Crippen LogP contribution is 2.38. The van der Waals surface area contributed by atoms with Crippen molar-refractivity contribution in [3.05, 3.63) is 53.6 Å². The van der Waals surface area contributed by atoms with Crippen LogP contribution in [0.3, 0.4) is 0 Å². The van der Waals surface area contributed by atoms with E-state index in [1.807, 2.05) is 58.9 Å². The van der Waals surface area contributed by atoms with E-state index in [9.17, 15) is 15.0 Å². The van der Waals surface area contributed by atoms with E-state index in [-0.39, 0.29) is 17.6 Å². The molecular formula is C31H47NO6. The van der Waals surface area contributed by atoms with Crippen molar-refractivity contribution in [1.82, 2.24) is 5.32 Å². The fraction of sp³-hybridized carbons (Fsp3) is 0.581. The Bertz CT molecular complexity index is 965. The molecule has 38 heavy (non-hydrogen) atoms. The molecule has 2 aromatic carbocycles. The van der Waals surface area contributed by atoms with Crippen LogP contribution in [-0.4, -0.2) is 48.3 Å². The van der Waals surface area contributed by atoms with Crippen LogP contribution in [0.2, 0.25) is 0 Å². The summed E-state index contributed by atoms with van der Waals surface area (Å²) in [7, 11) is 0. The third kappa shape index (κ3) is 11.6. The molecule has 0 bridgehead atoms. The summed E-state index contributed by atoms with van der Waals surface area (Å²) in [5, 5.41) is 22.6. The van der Waals surface area contributed by atoms with Crippen molar-refractivity contribution in [3.8, 4) is 17.2 Å². The van der Waals surface area contributed by atoms with Crippen LogP contribution in [0, 0.1) is 0 Å². The predicted octanol–water partition coefficient (Wildman–Crippen LogP) is 7.07. The average molecular weight is 530 g/mol. The lowest BCUT2D eigenvalue weighted by Gasteiger charge is -2.27. The van der Waals surface area contributed by atoms with Gasteiger partial charge in [-0.3, -0.25) is 0 Å². The third-order valence-corrected chi connectivity index (χ3v) is 6.32. The number of hydrogen-bond acceptors (Lipinski definition) is 6. The Kier molecular flexibility index (Phi) is 12.7. The maximum absolute atomic E-state index is 11.5. The van der Waals surface area contributed by atoms with Gasteiger partial charge in [-0.2, -0.15) is 0 Å². The maximum Gasteiger partial charge on any atom is 0.407 e. The Morgan fingerprint density at radius 3 is 2.03 bits per heavy atom. The summed E-state index contributed by atoms with van der Waals surface area (Å²) in [5.41, 5.74) is 0.956. The molecule has 0 heterocycles. The Hall–Kier alpha value is -2.93. The predicted molar refractivity (Wildman–Crippen MR) is 151 cm³/mol. The van der Waals surface area contributed by atoms with Gasteiger partial charge in [-0.25, -0.2) is 4.79 Å². The lowest BCUT2D eigenvalue weighted by atomic mass is 9.77. The Morgan fingerprint density at radius 2 is 1.39 bits per heavy atom. The minimum Gasteiger partial charge on any atom is -0.508 e. The van der Waals surface area contributed by atoms with Gasteiger partial charge in [0, 0.05) is 36.8 Å². The summed E-state index contributed by atoms with van der Waals surface area (Å²) >= 11 is 0. The van der Waals surface area contributed by atoms with Crippen LogP contribution >= 0.6 is 0 Å². The molecule has 0 atom stereocenters. The number of unbranched alkanes of at least 4 members (excludes halogenated alkanes) is 5. The second kappa shape index (κ2) is 15.5. The monoisotopic (exact) mass is 529 g/mol. The molecule has 0 aliphatic heterocycles. The second-order valence-corrected chi connectivity index (χ2v) is 11.2. The van der Waals surface area contributed by atoms with Crippen LogP contribution in [0.5, 0.6) is 17.2 Å². The molecule has 0 saturated carbocycles. The third-order valence-electron chi connectivity index (χ3n) is 6.32. The highest BCUT2D eigenvalue weighted by Gasteiger charge is 2.26. The first kappa shape index (κ1) is 31.3. The first-order chi connectivity index (χ1) is 18.0. The molecule has 2 aromatic rings. The van der Waals surface area contributed by atoms with Gasteiger partial charge in [0.1, 0.15) is 22.8 Å². The molecular weight excluding hydrogens is 482 g/mol. The average Bonchev–Trinajstić information content (AvgIpc) is 2.83. The highest BCUT2D eigenvalue weighted by atomic mass is 16.6. The maximum atomic E-state index is 11.5. The standard InChI is InChI=1S/C31H47NO6/c1-30(2,3)38-29(35)32-19-12-21-36-20-10-8-6-7-9-11-22-37-26-16-13-24(14-17-26)31(4,5)27-18-15-25(33)23-28(27)34/h13-18,23,33-34H,6-12,19-22H2,1-5H3,(H,32,35). The number of carbonyl (C=O) groups excluding carboxylic acids is 1. The number of aromatic hydroxyl groups is 2. The van der Waals surface area contributed by atoms with Crippen LogP contribution < -0.4 is 10.1 Å². The quantitative estimate of drug-likeness (QED) is 0.201. The number of carbonyl (C=O) groups is 1. The van der Waals surface area contributed by atoms with E-state index >= 15 is 0 Å². The van der Waals surface area contributed by atoms with Crippen molar-refractivity contribution in [2.75, 3.05) is 26.4 Å². The first-order valence-corrected chi connectivity index (χ1v) is 13.8. The van der Waals surface area contributed by atoms with Gasteiger partial charge in [0.15, 0.2) is 0 Å². The molecule has 0 unspecified atom stereocenters. The molecule has 0 saturated heterocycles. The number of rotatable bonds is 16. The summed E-state index contributed by atoms with van der Waals surface area (Å²) < 4.78 is 16.7. The normalized spacial score (nSPS) is 11.8. The van der Waals surface area contributed by atoms with Gasteiger partial charge < -0.3 is 29.7 Å². The van der Waals surface area contributed by atoms with Gasteiger partial charge in [-0.15, -0.1) is 0 Å². The summed E-state index contributed by atoms with van der Waals surface area (Å²) in [4.78, 5) is 11.5. The van der Waals surface area contributed by atoms with Crippen LogP contribution in [0.25, 0.3) is 0 Å². The van der Waals surface area contributed by atoms with Gasteiger partial charge in [0.2, 0.25) is 0 Å². The number of phenols is 2. The Labute approximate surface area is 228 Å². The summed E-state index contributed by atoms with van der Waals surface area (Å²) in [6.07, 6.45) is 7.16. The zero-order valence-corrected chi connectivity index (χ0v) is 23.8. The highest BCUT2D eigenvalue weighted by molar-refractivity contribution is 5.67. The zero-order valence-electron chi connectivity index (χ0n) is 23.8. The van der Waals surface area contributed by atoms with Crippen LogP contribution in [-0.2, 0) is 14.9 Å². The van der Waals surface area contributed by atoms with Gasteiger partial charge >= 0.3 is 6.09 Å². The minimum atomic E-state index is -0.471. The van der Waals surface area contributed by atoms with Crippen molar-refractivity contribution in [2.45, 2.75) is 90.6 Å². The second-order valence-electron chi connectivity index (χ2n) is 11.2. The van der Waals surface area contributed by atoms with Crippen molar-refractivity contribution in [1.29, 1.82) is 0 Å². The molecule has 0 radical (unpaired) electrons. The topological polar surface area (TPSA) is 97.3 Å². The van der Waals surface area contributed by atoms with Crippen LogP contribution in [0.4, 0.5) is 4.79 Å². The van der Waals surface area contributed by atoms with Gasteiger partial charge in [0.05, 0.1) is 6.61 Å². The number of phenolic OH excluding ortho intramolecular Hbond substituents is 2. The molecule has 0 aliphatic rings. The van der Waals surface area contributed by atoms with E-state index in [1.54, 1.807) is 12.1 Å². The minimum absolute atomic E-state index is 0.0537. The number of alkyl carbamates (subject to hydrolysis) is 1. The molecule has 0 aliphatic carbocycles. The van der Waals surface area contributed by atoms with E-state index in [2.05, 4.69) is 5.32 Å². The van der Waals surface area contributed by atoms with Crippen molar-refractivity contribution in [2.24, 2.45) is 0 Å². The van der Waals surface area contributed by atoms with E-state index < -0.39 is 11.0 Å². The number of benzene rings is 2. The van der Waals surface area contributed by atoms with E-state index in [4.69, 9.17) is 14.2 Å². The van der Waals surface area contributed by atoms with Crippen molar-refractivity contribution in [3.63, 3.8) is 0 Å². The fourth-order valence-electron chi connectivity index (χ4n) is 4.16. The Balaban J connectivity index is 1.49. The number of hydrogen-bond donors (Lipinski definition) is 3. The molecule has 0 fully saturated rings. The summed E-state index contributed by atoms with van der Waals surface area (Å²) in [6.45, 7) is 12.3. The molecule has 7 heteroatoms. The fourth-order valence-corrected chi connectivity index (χ4v) is 4.16. The van der Waals surface area contributed by atoms with Crippen molar-refractivity contribution >= 4 is 6.09 Å². The number of amides is 1. The summed E-state index contributed by atoms with van der Waals surface area (Å²) in [6, 6.07) is 12.7. The zero-order chi connectivity index (χ0) is 28.0. The Morgan fingerprint density at radius 1 is 0.789 bits per heavy atom. The largest absolute Gasteiger partial charge is 0.508 e. The SMILES string of the molecule is CC(C)(C)OC(=O)NCCCOCCCCCCCCOc1ccc(C(C)(C)c2ccc(O)cc2O)cc1. The van der Waals surface area contributed by atoms with E-state index in [1.165, 1.54) is 18.9 Å². The van der Waals surface area contributed by atoms with E-state index in [0.717, 1.165) is 55.6 Å². The summed E-state index contributed by atoms with van der Waals surface area (Å²) in [5.74, 6) is 0.989. The van der Waals surface area contributed by atoms with Crippen LogP contribution in [0.1, 0.15) is 90.7 Å². The molecule has 1 amide bonds. The van der Waals surface area contributed by atoms with Crippen LogP contribution in [0.15, 0.2) is 42.5 Å². The number of nitrogens with one attached hydrogen (secondary N) is 1. The molecule has 0 aromatic heterocycles. The smallest absolute Gasteiger partial charge is 0.407 e. The molecule has 0 spiro atoms.